The van der Waals surface area contributed by atoms with Crippen molar-refractivity contribution in [1.29, 1.82) is 0 Å². The first-order valence-electron chi connectivity index (χ1n) is 11.2. The van der Waals surface area contributed by atoms with E-state index in [0.717, 1.165) is 48.5 Å². The Morgan fingerprint density at radius 2 is 1.94 bits per heavy atom. The molecule has 4 heterocycles. The van der Waals surface area contributed by atoms with Gasteiger partial charge in [0.25, 0.3) is 0 Å². The van der Waals surface area contributed by atoms with Gasteiger partial charge in [-0.1, -0.05) is 0 Å². The molecule has 0 amide bonds. The van der Waals surface area contributed by atoms with Gasteiger partial charge < -0.3 is 26.0 Å². The minimum Gasteiger partial charge on any atom is -0.384 e. The summed E-state index contributed by atoms with van der Waals surface area (Å²) >= 11 is 0. The molecule has 0 spiro atoms. The summed E-state index contributed by atoms with van der Waals surface area (Å²) < 4.78 is 48.6. The summed E-state index contributed by atoms with van der Waals surface area (Å²) in [5.74, 6) is 0.304. The number of anilines is 2. The molecule has 4 rings (SSSR count). The molecule has 1 aliphatic rings. The number of nitrogen functional groups attached to an aromatic ring is 1. The third-order valence-corrected chi connectivity index (χ3v) is 5.84. The van der Waals surface area contributed by atoms with Crippen molar-refractivity contribution in [1.82, 2.24) is 30.2 Å². The number of hydrogen-bond donors (Lipinski definition) is 3. The van der Waals surface area contributed by atoms with Crippen molar-refractivity contribution in [2.75, 3.05) is 57.1 Å². The molecule has 1 aliphatic heterocycles. The fraction of sp³-hybridized carbons (Fsp3) is 0.500. The molecule has 0 bridgehead atoms. The van der Waals surface area contributed by atoms with Gasteiger partial charge in [0, 0.05) is 31.5 Å². The Hall–Kier alpha value is -2.96. The molecule has 34 heavy (non-hydrogen) atoms. The monoisotopic (exact) mass is 478 g/mol. The lowest BCUT2D eigenvalue weighted by Crippen LogP contribution is -2.37. The minimum atomic E-state index is -4.63. The number of aromatic nitrogens is 4. The van der Waals surface area contributed by atoms with Crippen LogP contribution in [0.25, 0.3) is 16.9 Å². The Kier molecular flexibility index (Phi) is 7.19. The summed E-state index contributed by atoms with van der Waals surface area (Å²) in [6.07, 6.45) is -2.56. The summed E-state index contributed by atoms with van der Waals surface area (Å²) in [4.78, 5) is 10.5. The molecule has 0 aromatic carbocycles. The van der Waals surface area contributed by atoms with E-state index in [9.17, 15) is 13.2 Å². The van der Waals surface area contributed by atoms with E-state index in [1.807, 2.05) is 24.9 Å². The first-order chi connectivity index (χ1) is 16.3. The Bertz CT molecular complexity index is 1140. The van der Waals surface area contributed by atoms with E-state index >= 15 is 0 Å². The molecule has 1 fully saturated rings. The molecule has 0 atom stereocenters. The molecule has 12 heteroatoms. The minimum absolute atomic E-state index is 0.0546. The second-order valence-electron chi connectivity index (χ2n) is 8.20. The van der Waals surface area contributed by atoms with Gasteiger partial charge in [-0.25, -0.2) is 14.5 Å². The zero-order valence-corrected chi connectivity index (χ0v) is 19.2. The number of fused-ring (bicyclic) bond motifs is 1. The number of alkyl halides is 3. The highest BCUT2D eigenvalue weighted by atomic mass is 19.4. The number of morpholine rings is 1. The smallest absolute Gasteiger partial charge is 0.384 e. The first kappa shape index (κ1) is 24.2. The van der Waals surface area contributed by atoms with E-state index in [1.54, 1.807) is 4.52 Å². The number of nitrogens with one attached hydrogen (secondary N) is 2. The fourth-order valence-corrected chi connectivity index (χ4v) is 4.01. The SMILES string of the molecule is CNCCCNCc1cc2c(N3CCOCC3)nc(-c3cnc(N)cc3C(F)(F)F)nn2c1C. The van der Waals surface area contributed by atoms with Crippen LogP contribution in [0.2, 0.25) is 0 Å². The third-order valence-electron chi connectivity index (χ3n) is 5.84. The lowest BCUT2D eigenvalue weighted by Gasteiger charge is -2.28. The van der Waals surface area contributed by atoms with Crippen LogP contribution in [0.15, 0.2) is 18.3 Å². The fourth-order valence-electron chi connectivity index (χ4n) is 4.01. The van der Waals surface area contributed by atoms with E-state index in [1.165, 1.54) is 0 Å². The number of halogens is 3. The van der Waals surface area contributed by atoms with Gasteiger partial charge >= 0.3 is 6.18 Å². The van der Waals surface area contributed by atoms with Crippen LogP contribution in [-0.2, 0) is 17.5 Å². The van der Waals surface area contributed by atoms with E-state index in [2.05, 4.69) is 25.7 Å². The second kappa shape index (κ2) is 10.1. The van der Waals surface area contributed by atoms with Crippen LogP contribution in [-0.4, -0.2) is 66.0 Å². The van der Waals surface area contributed by atoms with Crippen molar-refractivity contribution in [3.05, 3.63) is 35.2 Å². The van der Waals surface area contributed by atoms with E-state index in [0.29, 0.717) is 38.7 Å². The Morgan fingerprint density at radius 1 is 1.18 bits per heavy atom. The highest BCUT2D eigenvalue weighted by Gasteiger charge is 2.35. The average molecular weight is 479 g/mol. The van der Waals surface area contributed by atoms with Crippen molar-refractivity contribution < 1.29 is 17.9 Å². The lowest BCUT2D eigenvalue weighted by atomic mass is 10.1. The standard InChI is InChI=1S/C22H29F3N8O/c1-14-15(12-28-5-3-4-27-2)10-18-21(32-6-8-34-9-7-32)30-20(31-33(14)18)16-13-29-19(26)11-17(16)22(23,24)25/h10-11,13,27-28H,3-9,12H2,1-2H3,(H2,26,29). The van der Waals surface area contributed by atoms with Gasteiger partial charge in [-0.15, -0.1) is 5.10 Å². The maximum atomic E-state index is 13.8. The van der Waals surface area contributed by atoms with Crippen molar-refractivity contribution in [2.24, 2.45) is 0 Å². The second-order valence-corrected chi connectivity index (χ2v) is 8.20. The molecule has 184 valence electrons. The highest BCUT2D eigenvalue weighted by molar-refractivity contribution is 5.74. The van der Waals surface area contributed by atoms with Gasteiger partial charge in [0.05, 0.1) is 24.3 Å². The van der Waals surface area contributed by atoms with Crippen LogP contribution < -0.4 is 21.3 Å². The van der Waals surface area contributed by atoms with Gasteiger partial charge in [-0.2, -0.15) is 13.2 Å². The molecule has 4 N–H and O–H groups in total. The predicted octanol–water partition coefficient (Wildman–Crippen LogP) is 2.24. The van der Waals surface area contributed by atoms with Crippen LogP contribution in [0.4, 0.5) is 24.8 Å². The zero-order valence-electron chi connectivity index (χ0n) is 19.2. The molecule has 0 unspecified atom stereocenters. The maximum absolute atomic E-state index is 13.8. The first-order valence-corrected chi connectivity index (χ1v) is 11.2. The van der Waals surface area contributed by atoms with Gasteiger partial charge in [0.1, 0.15) is 11.3 Å². The third kappa shape index (κ3) is 5.08. The zero-order chi connectivity index (χ0) is 24.3. The number of rotatable bonds is 8. The number of ether oxygens (including phenoxy) is 1. The molecule has 0 saturated carbocycles. The number of pyridine rings is 1. The van der Waals surface area contributed by atoms with E-state index < -0.39 is 11.7 Å². The topological polar surface area (TPSA) is 106 Å². The summed E-state index contributed by atoms with van der Waals surface area (Å²) in [6, 6.07) is 2.82. The summed E-state index contributed by atoms with van der Waals surface area (Å²) in [7, 11) is 1.91. The normalized spacial score (nSPS) is 14.8. The van der Waals surface area contributed by atoms with Crippen LogP contribution in [0.5, 0.6) is 0 Å². The summed E-state index contributed by atoms with van der Waals surface area (Å²) in [6.45, 7) is 6.48. The Morgan fingerprint density at radius 3 is 2.65 bits per heavy atom. The molecular formula is C22H29F3N8O. The lowest BCUT2D eigenvalue weighted by molar-refractivity contribution is -0.137. The van der Waals surface area contributed by atoms with E-state index in [-0.39, 0.29) is 17.2 Å². The molecule has 3 aromatic rings. The van der Waals surface area contributed by atoms with Crippen molar-refractivity contribution >= 4 is 17.2 Å². The predicted molar refractivity (Wildman–Crippen MR) is 124 cm³/mol. The number of hydrogen-bond acceptors (Lipinski definition) is 8. The largest absolute Gasteiger partial charge is 0.417 e. The van der Waals surface area contributed by atoms with Crippen LogP contribution >= 0.6 is 0 Å². The van der Waals surface area contributed by atoms with Gasteiger partial charge in [0.2, 0.25) is 0 Å². The van der Waals surface area contributed by atoms with Crippen molar-refractivity contribution in [3.63, 3.8) is 0 Å². The number of nitrogens with two attached hydrogens (primary N) is 1. The molecule has 0 radical (unpaired) electrons. The van der Waals surface area contributed by atoms with Gasteiger partial charge in [-0.05, 0) is 51.2 Å². The summed E-state index contributed by atoms with van der Waals surface area (Å²) in [5, 5.41) is 11.0. The molecule has 3 aromatic heterocycles. The van der Waals surface area contributed by atoms with Gasteiger partial charge in [-0.3, -0.25) is 0 Å². The van der Waals surface area contributed by atoms with Crippen LogP contribution in [0, 0.1) is 6.92 Å². The Labute approximate surface area is 195 Å². The highest BCUT2D eigenvalue weighted by Crippen LogP contribution is 2.37. The molecule has 9 nitrogen and oxygen atoms in total. The molecule has 0 aliphatic carbocycles. The van der Waals surface area contributed by atoms with Gasteiger partial charge in [0.15, 0.2) is 11.6 Å². The average Bonchev–Trinajstić information content (AvgIpc) is 3.14. The number of aryl methyl sites for hydroxylation is 1. The van der Waals surface area contributed by atoms with E-state index in [4.69, 9.17) is 10.5 Å². The Balaban J connectivity index is 1.81. The quantitative estimate of drug-likeness (QED) is 0.424. The van der Waals surface area contributed by atoms with Crippen molar-refractivity contribution in [3.8, 4) is 11.4 Å². The van der Waals surface area contributed by atoms with Crippen molar-refractivity contribution in [2.45, 2.75) is 26.1 Å². The van der Waals surface area contributed by atoms with Crippen LogP contribution in [0.3, 0.4) is 0 Å². The number of nitrogens with zero attached hydrogens (tertiary/aromatic N) is 5. The summed E-state index contributed by atoms with van der Waals surface area (Å²) in [5.41, 5.74) is 7.02. The molecular weight excluding hydrogens is 449 g/mol. The maximum Gasteiger partial charge on any atom is 0.417 e. The molecule has 1 saturated heterocycles. The van der Waals surface area contributed by atoms with Crippen LogP contribution in [0.1, 0.15) is 23.2 Å².